The first-order valence-electron chi connectivity index (χ1n) is 8.90. The SMILES string of the molecule is CCOC(=O)c1noc([C@H](COCc2ccccc2)NC(=O)OC(C)(C)C)n1. The first-order chi connectivity index (χ1) is 13.3. The molecule has 152 valence electrons. The van der Waals surface area contributed by atoms with Crippen molar-refractivity contribution in [2.45, 2.75) is 45.9 Å². The van der Waals surface area contributed by atoms with Crippen molar-refractivity contribution in [2.24, 2.45) is 0 Å². The minimum atomic E-state index is -0.797. The zero-order valence-corrected chi connectivity index (χ0v) is 16.4. The van der Waals surface area contributed by atoms with Crippen molar-refractivity contribution in [1.82, 2.24) is 15.5 Å². The lowest BCUT2D eigenvalue weighted by atomic mass is 10.2. The maximum Gasteiger partial charge on any atom is 0.408 e. The molecular weight excluding hydrogens is 366 g/mol. The Hall–Kier alpha value is -2.94. The summed E-state index contributed by atoms with van der Waals surface area (Å²) in [7, 11) is 0. The Morgan fingerprint density at radius 2 is 1.93 bits per heavy atom. The van der Waals surface area contributed by atoms with Crippen molar-refractivity contribution in [3.05, 3.63) is 47.6 Å². The average molecular weight is 391 g/mol. The lowest BCUT2D eigenvalue weighted by Gasteiger charge is -2.22. The summed E-state index contributed by atoms with van der Waals surface area (Å²) in [5, 5.41) is 6.22. The number of hydrogen-bond donors (Lipinski definition) is 1. The first-order valence-corrected chi connectivity index (χ1v) is 8.90. The molecule has 9 heteroatoms. The molecule has 0 spiro atoms. The molecule has 1 aromatic carbocycles. The van der Waals surface area contributed by atoms with Crippen LogP contribution in [0.25, 0.3) is 0 Å². The molecule has 1 heterocycles. The van der Waals surface area contributed by atoms with E-state index in [1.807, 2.05) is 30.3 Å². The van der Waals surface area contributed by atoms with E-state index in [9.17, 15) is 9.59 Å². The highest BCUT2D eigenvalue weighted by molar-refractivity contribution is 5.84. The van der Waals surface area contributed by atoms with Crippen molar-refractivity contribution < 1.29 is 28.3 Å². The molecule has 0 fully saturated rings. The molecule has 0 radical (unpaired) electrons. The molecule has 0 saturated carbocycles. The third-order valence-electron chi connectivity index (χ3n) is 3.28. The van der Waals surface area contributed by atoms with E-state index >= 15 is 0 Å². The lowest BCUT2D eigenvalue weighted by molar-refractivity contribution is 0.0398. The second-order valence-corrected chi connectivity index (χ2v) is 6.88. The number of amides is 1. The third-order valence-corrected chi connectivity index (χ3v) is 3.28. The summed E-state index contributed by atoms with van der Waals surface area (Å²) in [4.78, 5) is 27.9. The van der Waals surface area contributed by atoms with Gasteiger partial charge in [-0.05, 0) is 38.4 Å². The van der Waals surface area contributed by atoms with Gasteiger partial charge in [0, 0.05) is 0 Å². The van der Waals surface area contributed by atoms with Crippen LogP contribution < -0.4 is 5.32 Å². The van der Waals surface area contributed by atoms with Crippen molar-refractivity contribution in [2.75, 3.05) is 13.2 Å². The lowest BCUT2D eigenvalue weighted by Crippen LogP contribution is -2.36. The van der Waals surface area contributed by atoms with Gasteiger partial charge in [-0.15, -0.1) is 0 Å². The van der Waals surface area contributed by atoms with Crippen LogP contribution >= 0.6 is 0 Å². The van der Waals surface area contributed by atoms with Gasteiger partial charge in [0.05, 0.1) is 19.8 Å². The van der Waals surface area contributed by atoms with E-state index in [1.54, 1.807) is 27.7 Å². The van der Waals surface area contributed by atoms with E-state index < -0.39 is 23.7 Å². The average Bonchev–Trinajstić information content (AvgIpc) is 3.10. The number of nitrogens with zero attached hydrogens (tertiary/aromatic N) is 2. The first kappa shape index (κ1) is 21.4. The molecule has 28 heavy (non-hydrogen) atoms. The van der Waals surface area contributed by atoms with Crippen LogP contribution in [0.5, 0.6) is 0 Å². The van der Waals surface area contributed by atoms with Crippen LogP contribution in [0.1, 0.15) is 55.8 Å². The van der Waals surface area contributed by atoms with E-state index in [4.69, 9.17) is 18.7 Å². The highest BCUT2D eigenvalue weighted by Crippen LogP contribution is 2.15. The van der Waals surface area contributed by atoms with Crippen LogP contribution in [0, 0.1) is 0 Å². The van der Waals surface area contributed by atoms with Crippen LogP contribution in [0.2, 0.25) is 0 Å². The van der Waals surface area contributed by atoms with Crippen LogP contribution in [-0.2, 0) is 20.8 Å². The number of esters is 1. The normalized spacial score (nSPS) is 12.3. The quantitative estimate of drug-likeness (QED) is 0.683. The Bertz CT molecular complexity index is 769. The van der Waals surface area contributed by atoms with Gasteiger partial charge >= 0.3 is 12.1 Å². The third kappa shape index (κ3) is 6.99. The molecule has 2 rings (SSSR count). The maximum atomic E-state index is 12.1. The zero-order chi connectivity index (χ0) is 20.6. The second-order valence-electron chi connectivity index (χ2n) is 6.88. The summed E-state index contributed by atoms with van der Waals surface area (Å²) in [5.41, 5.74) is 0.293. The fourth-order valence-corrected chi connectivity index (χ4v) is 2.15. The van der Waals surface area contributed by atoms with Gasteiger partial charge in [0.1, 0.15) is 11.6 Å². The van der Waals surface area contributed by atoms with Gasteiger partial charge in [-0.2, -0.15) is 4.98 Å². The van der Waals surface area contributed by atoms with Crippen molar-refractivity contribution >= 4 is 12.1 Å². The van der Waals surface area contributed by atoms with E-state index in [2.05, 4.69) is 15.5 Å². The molecular formula is C19H25N3O6. The summed E-state index contributed by atoms with van der Waals surface area (Å²) in [6, 6.07) is 8.75. The Labute approximate surface area is 163 Å². The molecule has 1 N–H and O–H groups in total. The van der Waals surface area contributed by atoms with Gasteiger partial charge in [-0.25, -0.2) is 9.59 Å². The van der Waals surface area contributed by atoms with E-state index in [-0.39, 0.29) is 24.9 Å². The monoisotopic (exact) mass is 391 g/mol. The molecule has 0 aliphatic rings. The number of carbonyl (C=O) groups is 2. The minimum Gasteiger partial charge on any atom is -0.460 e. The number of alkyl carbamates (subject to hydrolysis) is 1. The molecule has 0 saturated heterocycles. The van der Waals surface area contributed by atoms with Crippen LogP contribution in [0.3, 0.4) is 0 Å². The van der Waals surface area contributed by atoms with Crippen LogP contribution in [-0.4, -0.2) is 41.0 Å². The molecule has 1 amide bonds. The van der Waals surface area contributed by atoms with Gasteiger partial charge in [-0.1, -0.05) is 30.3 Å². The molecule has 0 bridgehead atoms. The van der Waals surface area contributed by atoms with E-state index in [0.29, 0.717) is 6.61 Å². The highest BCUT2D eigenvalue weighted by atomic mass is 16.6. The van der Waals surface area contributed by atoms with Gasteiger partial charge in [0.15, 0.2) is 0 Å². The topological polar surface area (TPSA) is 113 Å². The van der Waals surface area contributed by atoms with Gasteiger partial charge in [-0.3, -0.25) is 0 Å². The molecule has 2 aromatic rings. The predicted octanol–water partition coefficient (Wildman–Crippen LogP) is 3.03. The summed E-state index contributed by atoms with van der Waals surface area (Å²) in [5.74, 6) is -0.920. The maximum absolute atomic E-state index is 12.1. The fourth-order valence-electron chi connectivity index (χ4n) is 2.15. The number of carbonyl (C=O) groups excluding carboxylic acids is 2. The number of ether oxygens (including phenoxy) is 3. The number of aromatic nitrogens is 2. The number of hydrogen-bond acceptors (Lipinski definition) is 8. The largest absolute Gasteiger partial charge is 0.460 e. The van der Waals surface area contributed by atoms with E-state index in [0.717, 1.165) is 5.56 Å². The van der Waals surface area contributed by atoms with Crippen molar-refractivity contribution in [3.63, 3.8) is 0 Å². The van der Waals surface area contributed by atoms with Gasteiger partial charge in [0.25, 0.3) is 11.7 Å². The highest BCUT2D eigenvalue weighted by Gasteiger charge is 2.26. The smallest absolute Gasteiger partial charge is 0.408 e. The standard InChI is InChI=1S/C19H25N3O6/c1-5-26-17(23)15-21-16(28-22-15)14(20-18(24)27-19(2,3)4)12-25-11-13-9-7-6-8-10-13/h6-10,14H,5,11-12H2,1-4H3,(H,20,24)/t14-/m0/s1. The number of rotatable bonds is 8. The Morgan fingerprint density at radius 3 is 2.57 bits per heavy atom. The molecule has 1 aromatic heterocycles. The molecule has 1 atom stereocenters. The second kappa shape index (κ2) is 9.84. The molecule has 9 nitrogen and oxygen atoms in total. The summed E-state index contributed by atoms with van der Waals surface area (Å²) in [6.45, 7) is 7.47. The van der Waals surface area contributed by atoms with Crippen molar-refractivity contribution in [1.29, 1.82) is 0 Å². The van der Waals surface area contributed by atoms with Gasteiger partial charge < -0.3 is 24.1 Å². The molecule has 0 unspecified atom stereocenters. The van der Waals surface area contributed by atoms with Gasteiger partial charge in [0.2, 0.25) is 0 Å². The number of benzene rings is 1. The van der Waals surface area contributed by atoms with Crippen LogP contribution in [0.15, 0.2) is 34.9 Å². The summed E-state index contributed by atoms with van der Waals surface area (Å²) >= 11 is 0. The Morgan fingerprint density at radius 1 is 1.21 bits per heavy atom. The molecule has 0 aliphatic heterocycles. The predicted molar refractivity (Wildman–Crippen MR) is 98.5 cm³/mol. The number of nitrogens with one attached hydrogen (secondary N) is 1. The summed E-state index contributed by atoms with van der Waals surface area (Å²) in [6.07, 6.45) is -0.670. The van der Waals surface area contributed by atoms with E-state index in [1.165, 1.54) is 0 Å². The van der Waals surface area contributed by atoms with Crippen molar-refractivity contribution in [3.8, 4) is 0 Å². The van der Waals surface area contributed by atoms with Crippen LogP contribution in [0.4, 0.5) is 4.79 Å². The zero-order valence-electron chi connectivity index (χ0n) is 16.4. The fraction of sp³-hybridized carbons (Fsp3) is 0.474. The Balaban J connectivity index is 2.06. The summed E-state index contributed by atoms with van der Waals surface area (Å²) < 4.78 is 20.9. The minimum absolute atomic E-state index is 0.0157. The molecule has 0 aliphatic carbocycles. The Kier molecular flexibility index (Phi) is 7.51.